The van der Waals surface area contributed by atoms with Crippen LogP contribution >= 0.6 is 0 Å². The zero-order valence-electron chi connectivity index (χ0n) is 10.2. The number of hydrogen-bond acceptors (Lipinski definition) is 4. The molecular formula is C13H18N2O3. The second-order valence-electron chi connectivity index (χ2n) is 4.47. The van der Waals surface area contributed by atoms with E-state index < -0.39 is 5.54 Å². The largest absolute Gasteiger partial charge is 0.381 e. The molecule has 0 aromatic heterocycles. The molecule has 1 heterocycles. The van der Waals surface area contributed by atoms with Gasteiger partial charge >= 0.3 is 0 Å². The molecule has 0 radical (unpaired) electrons. The highest BCUT2D eigenvalue weighted by Crippen LogP contribution is 2.17. The third-order valence-corrected chi connectivity index (χ3v) is 3.08. The lowest BCUT2D eigenvalue weighted by molar-refractivity contribution is -0.143. The monoisotopic (exact) mass is 250 g/mol. The average Bonchev–Trinajstić information content (AvgIpc) is 2.41. The van der Waals surface area contributed by atoms with Gasteiger partial charge in [-0.3, -0.25) is 9.63 Å². The summed E-state index contributed by atoms with van der Waals surface area (Å²) in [6.45, 7) is 1.37. The minimum absolute atomic E-state index is 0.276. The molecule has 0 aliphatic carbocycles. The van der Waals surface area contributed by atoms with E-state index in [2.05, 4.69) is 5.48 Å². The summed E-state index contributed by atoms with van der Waals surface area (Å²) in [6.07, 6.45) is 1.04. The van der Waals surface area contributed by atoms with E-state index in [0.717, 1.165) is 5.56 Å². The smallest absolute Gasteiger partial charge is 0.263 e. The molecular weight excluding hydrogens is 232 g/mol. The number of ether oxygens (including phenoxy) is 1. The van der Waals surface area contributed by atoms with Gasteiger partial charge < -0.3 is 10.5 Å². The topological polar surface area (TPSA) is 73.6 Å². The summed E-state index contributed by atoms with van der Waals surface area (Å²) in [4.78, 5) is 17.1. The van der Waals surface area contributed by atoms with Crippen molar-refractivity contribution >= 4 is 5.91 Å². The van der Waals surface area contributed by atoms with Crippen LogP contribution in [0.25, 0.3) is 0 Å². The lowest BCUT2D eigenvalue weighted by atomic mass is 9.91. The standard InChI is InChI=1S/C13H18N2O3/c14-13(6-8-17-9-7-13)12(16)15-18-10-11-4-2-1-3-5-11/h1-5H,6-10,14H2,(H,15,16). The fraction of sp³-hybridized carbons (Fsp3) is 0.462. The minimum atomic E-state index is -0.866. The second-order valence-corrected chi connectivity index (χ2v) is 4.47. The van der Waals surface area contributed by atoms with Crippen LogP contribution in [-0.4, -0.2) is 24.7 Å². The van der Waals surface area contributed by atoms with Crippen molar-refractivity contribution in [2.75, 3.05) is 13.2 Å². The first-order valence-electron chi connectivity index (χ1n) is 6.03. The van der Waals surface area contributed by atoms with Crippen LogP contribution in [-0.2, 0) is 21.0 Å². The molecule has 1 aliphatic heterocycles. The van der Waals surface area contributed by atoms with Crippen molar-refractivity contribution < 1.29 is 14.4 Å². The summed E-state index contributed by atoms with van der Waals surface area (Å²) in [5.74, 6) is -0.276. The van der Waals surface area contributed by atoms with Crippen molar-refractivity contribution in [2.24, 2.45) is 5.73 Å². The summed E-state index contributed by atoms with van der Waals surface area (Å²) < 4.78 is 5.19. The number of hydrogen-bond donors (Lipinski definition) is 2. The highest BCUT2D eigenvalue weighted by molar-refractivity contribution is 5.85. The van der Waals surface area contributed by atoms with Crippen molar-refractivity contribution in [3.8, 4) is 0 Å². The van der Waals surface area contributed by atoms with Crippen molar-refractivity contribution in [3.05, 3.63) is 35.9 Å². The number of carbonyl (C=O) groups excluding carboxylic acids is 1. The molecule has 18 heavy (non-hydrogen) atoms. The van der Waals surface area contributed by atoms with Crippen molar-refractivity contribution in [3.63, 3.8) is 0 Å². The van der Waals surface area contributed by atoms with Gasteiger partial charge in [0.1, 0.15) is 5.54 Å². The molecule has 0 spiro atoms. The van der Waals surface area contributed by atoms with Crippen LogP contribution in [0.15, 0.2) is 30.3 Å². The molecule has 1 amide bonds. The maximum atomic E-state index is 11.9. The summed E-state index contributed by atoms with van der Waals surface area (Å²) in [5, 5.41) is 0. The van der Waals surface area contributed by atoms with Crippen LogP contribution in [0.4, 0.5) is 0 Å². The van der Waals surface area contributed by atoms with E-state index in [-0.39, 0.29) is 5.91 Å². The molecule has 98 valence electrons. The van der Waals surface area contributed by atoms with Crippen molar-refractivity contribution in [1.82, 2.24) is 5.48 Å². The molecule has 0 saturated carbocycles. The summed E-state index contributed by atoms with van der Waals surface area (Å²) >= 11 is 0. The molecule has 1 fully saturated rings. The number of amides is 1. The fourth-order valence-electron chi connectivity index (χ4n) is 1.82. The zero-order valence-corrected chi connectivity index (χ0v) is 10.2. The Labute approximate surface area is 106 Å². The Hall–Kier alpha value is -1.43. The lowest BCUT2D eigenvalue weighted by Crippen LogP contribution is -2.56. The summed E-state index contributed by atoms with van der Waals surface area (Å²) in [7, 11) is 0. The Balaban J connectivity index is 1.78. The predicted octanol–water partition coefficient (Wildman–Crippen LogP) is 0.742. The maximum absolute atomic E-state index is 11.9. The molecule has 0 bridgehead atoms. The number of hydroxylamine groups is 1. The van der Waals surface area contributed by atoms with Gasteiger partial charge in [0.05, 0.1) is 6.61 Å². The van der Waals surface area contributed by atoms with Gasteiger partial charge in [0, 0.05) is 13.2 Å². The molecule has 5 heteroatoms. The van der Waals surface area contributed by atoms with E-state index in [1.54, 1.807) is 0 Å². The normalized spacial score (nSPS) is 18.3. The molecule has 1 aliphatic rings. The fourth-order valence-corrected chi connectivity index (χ4v) is 1.82. The maximum Gasteiger partial charge on any atom is 0.263 e. The van der Waals surface area contributed by atoms with Crippen LogP contribution in [0, 0.1) is 0 Å². The number of benzene rings is 1. The Morgan fingerprint density at radius 1 is 1.33 bits per heavy atom. The average molecular weight is 250 g/mol. The Morgan fingerprint density at radius 2 is 2.00 bits per heavy atom. The Kier molecular flexibility index (Phi) is 4.30. The SMILES string of the molecule is NC1(C(=O)NOCc2ccccc2)CCOCC1. The lowest BCUT2D eigenvalue weighted by Gasteiger charge is -2.31. The van der Waals surface area contributed by atoms with Gasteiger partial charge in [-0.2, -0.15) is 0 Å². The first kappa shape index (κ1) is 13.0. The van der Waals surface area contributed by atoms with Crippen molar-refractivity contribution in [1.29, 1.82) is 0 Å². The zero-order chi connectivity index (χ0) is 12.8. The molecule has 0 unspecified atom stereocenters. The summed E-state index contributed by atoms with van der Waals surface area (Å²) in [5.41, 5.74) is 8.56. The molecule has 3 N–H and O–H groups in total. The first-order valence-corrected chi connectivity index (χ1v) is 6.03. The third-order valence-electron chi connectivity index (χ3n) is 3.08. The first-order chi connectivity index (χ1) is 8.71. The van der Waals surface area contributed by atoms with Crippen LogP contribution in [0.2, 0.25) is 0 Å². The molecule has 1 aromatic rings. The van der Waals surface area contributed by atoms with Gasteiger partial charge in [0.15, 0.2) is 0 Å². The number of rotatable bonds is 4. The van der Waals surface area contributed by atoms with E-state index in [1.165, 1.54) is 0 Å². The van der Waals surface area contributed by atoms with E-state index >= 15 is 0 Å². The third kappa shape index (κ3) is 3.29. The van der Waals surface area contributed by atoms with Gasteiger partial charge in [0.25, 0.3) is 5.91 Å². The molecule has 0 atom stereocenters. The van der Waals surface area contributed by atoms with Crippen LogP contribution in [0.3, 0.4) is 0 Å². The van der Waals surface area contributed by atoms with E-state index in [9.17, 15) is 4.79 Å². The van der Waals surface area contributed by atoms with E-state index in [1.807, 2.05) is 30.3 Å². The van der Waals surface area contributed by atoms with Gasteiger partial charge in [-0.25, -0.2) is 5.48 Å². The van der Waals surface area contributed by atoms with Crippen molar-refractivity contribution in [2.45, 2.75) is 25.0 Å². The summed E-state index contributed by atoms with van der Waals surface area (Å²) in [6, 6.07) is 9.63. The molecule has 2 rings (SSSR count). The number of nitrogens with one attached hydrogen (secondary N) is 1. The van der Waals surface area contributed by atoms with E-state index in [0.29, 0.717) is 32.7 Å². The Bertz CT molecular complexity index is 388. The second kappa shape index (κ2) is 5.95. The van der Waals surface area contributed by atoms with Gasteiger partial charge in [-0.1, -0.05) is 30.3 Å². The predicted molar refractivity (Wildman–Crippen MR) is 66.3 cm³/mol. The van der Waals surface area contributed by atoms with Gasteiger partial charge in [-0.05, 0) is 18.4 Å². The van der Waals surface area contributed by atoms with Gasteiger partial charge in [0.2, 0.25) is 0 Å². The molecule has 1 aromatic carbocycles. The van der Waals surface area contributed by atoms with Crippen LogP contribution in [0.5, 0.6) is 0 Å². The molecule has 5 nitrogen and oxygen atoms in total. The highest BCUT2D eigenvalue weighted by Gasteiger charge is 2.36. The van der Waals surface area contributed by atoms with Crippen LogP contribution in [0.1, 0.15) is 18.4 Å². The minimum Gasteiger partial charge on any atom is -0.381 e. The Morgan fingerprint density at radius 3 is 2.67 bits per heavy atom. The quantitative estimate of drug-likeness (QED) is 0.773. The number of carbonyl (C=O) groups is 1. The highest BCUT2D eigenvalue weighted by atomic mass is 16.7. The van der Waals surface area contributed by atoms with Gasteiger partial charge in [-0.15, -0.1) is 0 Å². The molecule has 1 saturated heterocycles. The van der Waals surface area contributed by atoms with Crippen LogP contribution < -0.4 is 11.2 Å². The number of nitrogens with two attached hydrogens (primary N) is 1. The van der Waals surface area contributed by atoms with E-state index in [4.69, 9.17) is 15.3 Å².